The van der Waals surface area contributed by atoms with E-state index in [1.54, 1.807) is 12.4 Å². The van der Waals surface area contributed by atoms with Crippen LogP contribution in [0.5, 0.6) is 0 Å². The molecule has 2 heterocycles. The number of hydrogen-bond donors (Lipinski definition) is 1. The van der Waals surface area contributed by atoms with Crippen molar-refractivity contribution in [3.05, 3.63) is 34.9 Å². The van der Waals surface area contributed by atoms with Crippen molar-refractivity contribution in [2.75, 3.05) is 0 Å². The van der Waals surface area contributed by atoms with Gasteiger partial charge in [0.15, 0.2) is 0 Å². The number of aromatic nitrogens is 2. The fraction of sp³-hybridized carbons (Fsp3) is 0.111. The average molecular weight is 173 g/mol. The van der Waals surface area contributed by atoms with Gasteiger partial charge in [-0.15, -0.1) is 0 Å². The first-order valence-electron chi connectivity index (χ1n) is 3.86. The lowest BCUT2D eigenvalue weighted by molar-refractivity contribution is 0.796. The van der Waals surface area contributed by atoms with Gasteiger partial charge in [-0.25, -0.2) is 0 Å². The number of rotatable bonds is 1. The molecule has 0 bridgehead atoms. The van der Waals surface area contributed by atoms with Crippen LogP contribution in [0.1, 0.15) is 0 Å². The van der Waals surface area contributed by atoms with Gasteiger partial charge in [-0.05, 0) is 12.1 Å². The van der Waals surface area contributed by atoms with Crippen molar-refractivity contribution in [2.24, 2.45) is 0 Å². The Labute approximate surface area is 74.0 Å². The highest BCUT2D eigenvalue weighted by molar-refractivity contribution is 5.77. The number of fused-ring (bicyclic) bond motifs is 1. The summed E-state index contributed by atoms with van der Waals surface area (Å²) in [6, 6.07) is 5.57. The van der Waals surface area contributed by atoms with Crippen LogP contribution in [-0.4, -0.2) is 9.55 Å². The van der Waals surface area contributed by atoms with Gasteiger partial charge < -0.3 is 4.98 Å². The van der Waals surface area contributed by atoms with Gasteiger partial charge in [0.1, 0.15) is 12.1 Å². The summed E-state index contributed by atoms with van der Waals surface area (Å²) in [7, 11) is 0. The lowest BCUT2D eigenvalue weighted by Crippen LogP contribution is -2.18. The third-order valence-corrected chi connectivity index (χ3v) is 1.93. The molecule has 4 nitrogen and oxygen atoms in total. The van der Waals surface area contributed by atoms with E-state index < -0.39 is 0 Å². The summed E-state index contributed by atoms with van der Waals surface area (Å²) in [6.45, 7) is 0.0911. The van der Waals surface area contributed by atoms with Crippen molar-refractivity contribution >= 4 is 10.9 Å². The molecule has 0 saturated heterocycles. The number of pyridine rings is 1. The molecule has 64 valence electrons. The zero-order valence-electron chi connectivity index (χ0n) is 6.82. The maximum atomic E-state index is 11.6. The molecule has 2 aromatic rings. The van der Waals surface area contributed by atoms with Gasteiger partial charge in [-0.2, -0.15) is 5.26 Å². The molecule has 0 atom stereocenters. The highest BCUT2D eigenvalue weighted by atomic mass is 16.1. The summed E-state index contributed by atoms with van der Waals surface area (Å²) in [6.07, 6.45) is 3.34. The zero-order valence-corrected chi connectivity index (χ0v) is 6.82. The van der Waals surface area contributed by atoms with E-state index in [1.165, 1.54) is 4.57 Å². The number of hydrogen-bond acceptors (Lipinski definition) is 2. The maximum Gasteiger partial charge on any atom is 0.275 e. The van der Waals surface area contributed by atoms with Crippen LogP contribution in [0.3, 0.4) is 0 Å². The molecule has 13 heavy (non-hydrogen) atoms. The van der Waals surface area contributed by atoms with Crippen LogP contribution in [0, 0.1) is 11.3 Å². The summed E-state index contributed by atoms with van der Waals surface area (Å²) in [5.74, 6) is 0. The third-order valence-electron chi connectivity index (χ3n) is 1.93. The maximum absolute atomic E-state index is 11.6. The molecule has 0 aliphatic carbocycles. The number of nitrogens with one attached hydrogen (secondary N) is 1. The monoisotopic (exact) mass is 173 g/mol. The number of nitrogens with zero attached hydrogens (tertiary/aromatic N) is 2. The topological polar surface area (TPSA) is 61.6 Å². The number of aromatic amines is 1. The Kier molecular flexibility index (Phi) is 1.64. The molecule has 0 fully saturated rings. The second kappa shape index (κ2) is 2.79. The van der Waals surface area contributed by atoms with Crippen molar-refractivity contribution in [1.82, 2.24) is 9.55 Å². The van der Waals surface area contributed by atoms with Crippen LogP contribution in [0.4, 0.5) is 0 Å². The fourth-order valence-electron chi connectivity index (χ4n) is 1.29. The van der Waals surface area contributed by atoms with Crippen LogP contribution in [0.15, 0.2) is 29.3 Å². The van der Waals surface area contributed by atoms with Gasteiger partial charge in [-0.3, -0.25) is 9.36 Å². The van der Waals surface area contributed by atoms with Crippen LogP contribution in [0.25, 0.3) is 10.9 Å². The number of H-pyrrole nitrogens is 1. The molecule has 1 N–H and O–H groups in total. The average Bonchev–Trinajstić information content (AvgIpc) is 2.58. The summed E-state index contributed by atoms with van der Waals surface area (Å²) < 4.78 is 1.37. The molecule has 0 aliphatic rings. The van der Waals surface area contributed by atoms with Crippen LogP contribution >= 0.6 is 0 Å². The molecule has 2 aromatic heterocycles. The largest absolute Gasteiger partial charge is 0.357 e. The van der Waals surface area contributed by atoms with Crippen molar-refractivity contribution in [3.63, 3.8) is 0 Å². The standard InChI is InChI=1S/C9H7N3O/c10-3-6-12-5-2-7-1-4-11-8(7)9(12)13/h1-2,4-5,11H,6H2. The fourth-order valence-corrected chi connectivity index (χ4v) is 1.29. The molecule has 0 amide bonds. The van der Waals surface area contributed by atoms with Crippen molar-refractivity contribution in [3.8, 4) is 6.07 Å². The lowest BCUT2D eigenvalue weighted by atomic mass is 10.3. The summed E-state index contributed by atoms with van der Waals surface area (Å²) in [4.78, 5) is 14.4. The zero-order chi connectivity index (χ0) is 9.26. The molecule has 0 saturated carbocycles. The van der Waals surface area contributed by atoms with Crippen molar-refractivity contribution in [2.45, 2.75) is 6.54 Å². The summed E-state index contributed by atoms with van der Waals surface area (Å²) in [5, 5.41) is 9.32. The molecule has 0 aliphatic heterocycles. The smallest absolute Gasteiger partial charge is 0.275 e. The first-order chi connectivity index (χ1) is 6.33. The predicted octanol–water partition coefficient (Wildman–Crippen LogP) is 0.853. The minimum absolute atomic E-state index is 0.0911. The molecule has 0 aromatic carbocycles. The highest BCUT2D eigenvalue weighted by Crippen LogP contribution is 2.05. The van der Waals surface area contributed by atoms with Crippen LogP contribution in [0.2, 0.25) is 0 Å². The van der Waals surface area contributed by atoms with E-state index in [0.29, 0.717) is 5.52 Å². The molecule has 4 heteroatoms. The Bertz CT molecular complexity index is 530. The minimum Gasteiger partial charge on any atom is -0.357 e. The van der Waals surface area contributed by atoms with Crippen molar-refractivity contribution in [1.29, 1.82) is 5.26 Å². The van der Waals surface area contributed by atoms with E-state index in [4.69, 9.17) is 5.26 Å². The third kappa shape index (κ3) is 1.11. The Hall–Kier alpha value is -2.02. The van der Waals surface area contributed by atoms with Gasteiger partial charge in [0, 0.05) is 17.8 Å². The lowest BCUT2D eigenvalue weighted by Gasteiger charge is -1.98. The first-order valence-corrected chi connectivity index (χ1v) is 3.86. The van der Waals surface area contributed by atoms with E-state index in [1.807, 2.05) is 18.2 Å². The molecule has 0 unspecified atom stereocenters. The molecular weight excluding hydrogens is 166 g/mol. The Morgan fingerprint density at radius 1 is 1.54 bits per heavy atom. The molecule has 2 rings (SSSR count). The Morgan fingerprint density at radius 3 is 3.15 bits per heavy atom. The number of nitriles is 1. The Morgan fingerprint density at radius 2 is 2.38 bits per heavy atom. The first kappa shape index (κ1) is 7.62. The van der Waals surface area contributed by atoms with Gasteiger partial charge >= 0.3 is 0 Å². The van der Waals surface area contributed by atoms with Gasteiger partial charge in [-0.1, -0.05) is 0 Å². The van der Waals surface area contributed by atoms with E-state index in [9.17, 15) is 4.79 Å². The van der Waals surface area contributed by atoms with E-state index in [0.717, 1.165) is 5.39 Å². The summed E-state index contributed by atoms with van der Waals surface area (Å²) in [5.41, 5.74) is 0.404. The molecule has 0 spiro atoms. The SMILES string of the molecule is N#CCn1ccc2cc[nH]c2c1=O. The van der Waals surface area contributed by atoms with Gasteiger partial charge in [0.25, 0.3) is 5.56 Å². The van der Waals surface area contributed by atoms with Gasteiger partial charge in [0.2, 0.25) is 0 Å². The Balaban J connectivity index is 2.75. The minimum atomic E-state index is -0.149. The molecular formula is C9H7N3O. The quantitative estimate of drug-likeness (QED) is 0.695. The van der Waals surface area contributed by atoms with Crippen LogP contribution in [-0.2, 0) is 6.54 Å². The second-order valence-electron chi connectivity index (χ2n) is 2.71. The van der Waals surface area contributed by atoms with E-state index in [2.05, 4.69) is 4.98 Å². The predicted molar refractivity (Wildman–Crippen MR) is 48.2 cm³/mol. The molecule has 0 radical (unpaired) electrons. The normalized spacial score (nSPS) is 10.1. The van der Waals surface area contributed by atoms with E-state index in [-0.39, 0.29) is 12.1 Å². The van der Waals surface area contributed by atoms with E-state index >= 15 is 0 Å². The van der Waals surface area contributed by atoms with Crippen molar-refractivity contribution < 1.29 is 0 Å². The second-order valence-corrected chi connectivity index (χ2v) is 2.71. The van der Waals surface area contributed by atoms with Crippen LogP contribution < -0.4 is 5.56 Å². The summed E-state index contributed by atoms with van der Waals surface area (Å²) >= 11 is 0. The van der Waals surface area contributed by atoms with Gasteiger partial charge in [0.05, 0.1) is 6.07 Å². The highest BCUT2D eigenvalue weighted by Gasteiger charge is 2.01.